The molecule has 0 aliphatic carbocycles. The van der Waals surface area contributed by atoms with Crippen molar-refractivity contribution >= 4 is 11.7 Å². The van der Waals surface area contributed by atoms with Gasteiger partial charge in [0, 0.05) is 17.7 Å². The lowest BCUT2D eigenvalue weighted by molar-refractivity contribution is -0.00303. The maximum Gasteiger partial charge on any atom is 0.342 e. The summed E-state index contributed by atoms with van der Waals surface area (Å²) in [6.07, 6.45) is 0.555. The Bertz CT molecular complexity index is 1070. The number of hydrazine groups is 1. The van der Waals surface area contributed by atoms with Crippen molar-refractivity contribution in [2.75, 3.05) is 4.90 Å². The Morgan fingerprint density at radius 3 is 2.47 bits per heavy atom. The molecule has 2 aliphatic rings. The Balaban J connectivity index is 1.53. The number of carbonyl (C=O) groups excluding carboxylic acids is 1. The summed E-state index contributed by atoms with van der Waals surface area (Å²) in [5, 5.41) is 1.30. The first-order valence-corrected chi connectivity index (χ1v) is 9.99. The van der Waals surface area contributed by atoms with Crippen molar-refractivity contribution in [1.29, 1.82) is 0 Å². The first-order chi connectivity index (χ1) is 14.6. The van der Waals surface area contributed by atoms with E-state index in [0.29, 0.717) is 24.5 Å². The van der Waals surface area contributed by atoms with Crippen molar-refractivity contribution in [3.05, 3.63) is 90.0 Å². The second-order valence-corrected chi connectivity index (χ2v) is 7.81. The van der Waals surface area contributed by atoms with Crippen LogP contribution in [0.3, 0.4) is 0 Å². The van der Waals surface area contributed by atoms with E-state index in [1.54, 1.807) is 4.90 Å². The van der Waals surface area contributed by atoms with E-state index in [-0.39, 0.29) is 12.1 Å². The fourth-order valence-electron chi connectivity index (χ4n) is 4.28. The Kier molecular flexibility index (Phi) is 4.37. The zero-order chi connectivity index (χ0) is 20.7. The van der Waals surface area contributed by atoms with Crippen molar-refractivity contribution in [3.63, 3.8) is 0 Å². The topological polar surface area (TPSA) is 68.0 Å². The van der Waals surface area contributed by atoms with Crippen LogP contribution in [0.4, 0.5) is 10.5 Å². The molecule has 30 heavy (non-hydrogen) atoms. The molecule has 2 N–H and O–H groups in total. The van der Waals surface area contributed by atoms with Gasteiger partial charge in [-0.1, -0.05) is 60.7 Å². The average molecular weight is 401 g/mol. The molecule has 0 aromatic heterocycles. The Morgan fingerprint density at radius 2 is 1.73 bits per heavy atom. The largest absolute Gasteiger partial charge is 0.485 e. The summed E-state index contributed by atoms with van der Waals surface area (Å²) in [5.74, 6) is 7.57. The predicted octanol–water partition coefficient (Wildman–Crippen LogP) is 4.62. The molecular formula is C24H23N3O3. The summed E-state index contributed by atoms with van der Waals surface area (Å²) in [5.41, 5.74) is 1.79. The summed E-state index contributed by atoms with van der Waals surface area (Å²) >= 11 is 0. The zero-order valence-electron chi connectivity index (χ0n) is 16.7. The summed E-state index contributed by atoms with van der Waals surface area (Å²) in [6.45, 7) is 2.35. The van der Waals surface area contributed by atoms with E-state index in [1.807, 2.05) is 85.8 Å². The fraction of sp³-hybridized carbons (Fsp3) is 0.208. The molecule has 6 heteroatoms. The number of amides is 2. The normalized spacial score (nSPS) is 22.3. The number of rotatable bonds is 4. The van der Waals surface area contributed by atoms with Crippen LogP contribution in [0.1, 0.15) is 30.5 Å². The van der Waals surface area contributed by atoms with E-state index in [0.717, 1.165) is 16.8 Å². The van der Waals surface area contributed by atoms with Crippen molar-refractivity contribution < 1.29 is 14.3 Å². The van der Waals surface area contributed by atoms with Gasteiger partial charge in [-0.15, -0.1) is 0 Å². The highest BCUT2D eigenvalue weighted by Crippen LogP contribution is 2.51. The lowest BCUT2D eigenvalue weighted by Crippen LogP contribution is -2.67. The quantitative estimate of drug-likeness (QED) is 0.512. The molecule has 2 unspecified atom stereocenters. The average Bonchev–Trinajstić information content (AvgIpc) is 2.77. The van der Waals surface area contributed by atoms with Crippen LogP contribution in [0.15, 0.2) is 78.9 Å². The van der Waals surface area contributed by atoms with Crippen LogP contribution in [0.5, 0.6) is 11.5 Å². The molecule has 0 spiro atoms. The highest BCUT2D eigenvalue weighted by molar-refractivity contribution is 5.94. The zero-order valence-corrected chi connectivity index (χ0v) is 16.7. The van der Waals surface area contributed by atoms with Crippen molar-refractivity contribution in [2.24, 2.45) is 5.84 Å². The number of ether oxygens (including phenoxy) is 2. The Labute approximate surface area is 175 Å². The van der Waals surface area contributed by atoms with Gasteiger partial charge >= 0.3 is 6.03 Å². The number of hydrogen-bond donors (Lipinski definition) is 1. The molecule has 2 bridgehead atoms. The van der Waals surface area contributed by atoms with Gasteiger partial charge in [0.1, 0.15) is 6.61 Å². The number of urea groups is 1. The maximum absolute atomic E-state index is 13.2. The van der Waals surface area contributed by atoms with Crippen LogP contribution < -0.4 is 20.2 Å². The van der Waals surface area contributed by atoms with Gasteiger partial charge in [0.2, 0.25) is 0 Å². The van der Waals surface area contributed by atoms with E-state index in [4.69, 9.17) is 15.3 Å². The van der Waals surface area contributed by atoms with E-state index < -0.39 is 5.72 Å². The smallest absolute Gasteiger partial charge is 0.342 e. The molecule has 2 heterocycles. The second kappa shape index (κ2) is 7.07. The standard InChI is InChI=1S/C24H23N3O3/c1-24-15-20(27(25)23(28)26(24)18-11-6-3-7-12-18)19-13-8-14-21(22(19)30-24)29-16-17-9-4-2-5-10-17/h2-14,20H,15-16,25H2,1H3. The third-order valence-electron chi connectivity index (χ3n) is 5.73. The molecule has 6 nitrogen and oxygen atoms in total. The van der Waals surface area contributed by atoms with Gasteiger partial charge in [-0.25, -0.2) is 10.6 Å². The molecule has 0 radical (unpaired) electrons. The monoisotopic (exact) mass is 401 g/mol. The summed E-state index contributed by atoms with van der Waals surface area (Å²) in [4.78, 5) is 14.8. The number of hydrogen-bond acceptors (Lipinski definition) is 4. The minimum absolute atomic E-state index is 0.286. The minimum atomic E-state index is -0.877. The number of nitrogens with zero attached hydrogens (tertiary/aromatic N) is 2. The van der Waals surface area contributed by atoms with Crippen molar-refractivity contribution in [1.82, 2.24) is 5.01 Å². The SMILES string of the molecule is CC12CC(c3cccc(OCc4ccccc4)c3O1)N(N)C(=O)N2c1ccccc1. The number of fused-ring (bicyclic) bond motifs is 4. The number of carbonyl (C=O) groups is 1. The Morgan fingerprint density at radius 1 is 1.03 bits per heavy atom. The van der Waals surface area contributed by atoms with Gasteiger partial charge in [-0.2, -0.15) is 0 Å². The molecule has 5 rings (SSSR count). The molecule has 0 saturated carbocycles. The molecular weight excluding hydrogens is 378 g/mol. The lowest BCUT2D eigenvalue weighted by Gasteiger charge is -2.53. The molecule has 1 fully saturated rings. The van der Waals surface area contributed by atoms with Crippen LogP contribution in [0.25, 0.3) is 0 Å². The molecule has 152 valence electrons. The van der Waals surface area contributed by atoms with Crippen LogP contribution in [0.2, 0.25) is 0 Å². The number of para-hydroxylation sites is 2. The molecule has 3 aromatic carbocycles. The first-order valence-electron chi connectivity index (χ1n) is 9.99. The Hall–Kier alpha value is -3.51. The fourth-order valence-corrected chi connectivity index (χ4v) is 4.28. The van der Waals surface area contributed by atoms with Gasteiger partial charge in [-0.05, 0) is 30.7 Å². The second-order valence-electron chi connectivity index (χ2n) is 7.81. The van der Waals surface area contributed by atoms with E-state index in [1.165, 1.54) is 5.01 Å². The van der Waals surface area contributed by atoms with Gasteiger partial charge in [0.05, 0.1) is 6.04 Å². The third-order valence-corrected chi connectivity index (χ3v) is 5.73. The van der Waals surface area contributed by atoms with Gasteiger partial charge in [0.25, 0.3) is 0 Å². The lowest BCUT2D eigenvalue weighted by atomic mass is 9.89. The van der Waals surface area contributed by atoms with Gasteiger partial charge in [0.15, 0.2) is 17.2 Å². The number of benzene rings is 3. The molecule has 1 saturated heterocycles. The van der Waals surface area contributed by atoms with Crippen molar-refractivity contribution in [3.8, 4) is 11.5 Å². The molecule has 2 atom stereocenters. The van der Waals surface area contributed by atoms with Gasteiger partial charge in [-0.3, -0.25) is 9.91 Å². The van der Waals surface area contributed by atoms with Gasteiger partial charge < -0.3 is 9.47 Å². The highest BCUT2D eigenvalue weighted by Gasteiger charge is 2.53. The molecule has 2 amide bonds. The number of anilines is 1. The maximum atomic E-state index is 13.2. The highest BCUT2D eigenvalue weighted by atomic mass is 16.5. The van der Waals surface area contributed by atoms with E-state index in [2.05, 4.69) is 0 Å². The first kappa shape index (κ1) is 18.5. The van der Waals surface area contributed by atoms with E-state index >= 15 is 0 Å². The minimum Gasteiger partial charge on any atom is -0.485 e. The summed E-state index contributed by atoms with van der Waals surface area (Å²) < 4.78 is 12.6. The van der Waals surface area contributed by atoms with Crippen LogP contribution in [-0.2, 0) is 6.61 Å². The molecule has 3 aromatic rings. The van der Waals surface area contributed by atoms with Crippen molar-refractivity contribution in [2.45, 2.75) is 31.7 Å². The van der Waals surface area contributed by atoms with E-state index in [9.17, 15) is 4.79 Å². The summed E-state index contributed by atoms with van der Waals surface area (Å²) in [7, 11) is 0. The number of nitrogens with two attached hydrogens (primary N) is 1. The predicted molar refractivity (Wildman–Crippen MR) is 114 cm³/mol. The third kappa shape index (κ3) is 2.97. The van der Waals surface area contributed by atoms with Crippen LogP contribution in [0, 0.1) is 0 Å². The summed E-state index contributed by atoms with van der Waals surface area (Å²) in [6, 6.07) is 24.6. The molecule has 2 aliphatic heterocycles. The van der Waals surface area contributed by atoms with Crippen LogP contribution in [-0.4, -0.2) is 16.8 Å². The van der Waals surface area contributed by atoms with Crippen LogP contribution >= 0.6 is 0 Å².